The highest BCUT2D eigenvalue weighted by molar-refractivity contribution is 5.48. The Morgan fingerprint density at radius 3 is 2.25 bits per heavy atom. The van der Waals surface area contributed by atoms with E-state index in [9.17, 15) is 0 Å². The zero-order chi connectivity index (χ0) is 16.9. The first-order valence-electron chi connectivity index (χ1n) is 8.10. The van der Waals surface area contributed by atoms with E-state index < -0.39 is 0 Å². The fraction of sp³-hybridized carbons (Fsp3) is 0.368. The molecule has 0 unspecified atom stereocenters. The Morgan fingerprint density at radius 1 is 0.917 bits per heavy atom. The summed E-state index contributed by atoms with van der Waals surface area (Å²) in [6, 6.07) is 12.1. The summed E-state index contributed by atoms with van der Waals surface area (Å²) >= 11 is 0. The Morgan fingerprint density at radius 2 is 1.58 bits per heavy atom. The average Bonchev–Trinajstić information content (AvgIpc) is 2.65. The maximum atomic E-state index is 5.97. The summed E-state index contributed by atoms with van der Waals surface area (Å²) in [5, 5.41) is 2.32. The molecule has 1 atom stereocenters. The molecule has 0 bridgehead atoms. The highest BCUT2D eigenvalue weighted by atomic mass is 16.5. The second kappa shape index (κ2) is 7.45. The number of nitrogens with two attached hydrogens (primary N) is 1. The van der Waals surface area contributed by atoms with E-state index in [-0.39, 0.29) is 6.04 Å². The van der Waals surface area contributed by atoms with Crippen molar-refractivity contribution < 1.29 is 24.3 Å². The molecule has 128 valence electrons. The molecule has 5 heteroatoms. The molecule has 0 aromatic heterocycles. The van der Waals surface area contributed by atoms with Crippen LogP contribution in [0.2, 0.25) is 0 Å². The Bertz CT molecular complexity index is 685. The van der Waals surface area contributed by atoms with Gasteiger partial charge in [-0.1, -0.05) is 0 Å². The van der Waals surface area contributed by atoms with Crippen LogP contribution in [0.1, 0.15) is 17.2 Å². The lowest BCUT2D eigenvalue weighted by molar-refractivity contribution is -0.700. The smallest absolute Gasteiger partial charge is 0.161 e. The first kappa shape index (κ1) is 16.5. The van der Waals surface area contributed by atoms with Gasteiger partial charge in [-0.3, -0.25) is 0 Å². The van der Waals surface area contributed by atoms with E-state index in [1.165, 1.54) is 11.1 Å². The molecular formula is C19H24NO4+. The molecule has 0 spiro atoms. The zero-order valence-electron chi connectivity index (χ0n) is 14.4. The van der Waals surface area contributed by atoms with Crippen molar-refractivity contribution in [1.82, 2.24) is 0 Å². The number of quaternary nitrogens is 1. The minimum Gasteiger partial charge on any atom is -0.497 e. The van der Waals surface area contributed by atoms with Gasteiger partial charge in [-0.05, 0) is 42.0 Å². The van der Waals surface area contributed by atoms with Gasteiger partial charge < -0.3 is 24.3 Å². The summed E-state index contributed by atoms with van der Waals surface area (Å²) in [6.45, 7) is 1.65. The summed E-state index contributed by atoms with van der Waals surface area (Å²) in [4.78, 5) is 0. The molecule has 1 heterocycles. The Balaban J connectivity index is 1.76. The van der Waals surface area contributed by atoms with Gasteiger partial charge in [0.1, 0.15) is 24.1 Å². The van der Waals surface area contributed by atoms with Crippen LogP contribution < -0.4 is 24.3 Å². The van der Waals surface area contributed by atoms with E-state index in [4.69, 9.17) is 18.9 Å². The van der Waals surface area contributed by atoms with Gasteiger partial charge in [0.2, 0.25) is 0 Å². The van der Waals surface area contributed by atoms with Crippen molar-refractivity contribution in [2.75, 3.05) is 34.5 Å². The highest BCUT2D eigenvalue weighted by Crippen LogP contribution is 2.33. The molecule has 0 amide bonds. The molecule has 0 aliphatic carbocycles. The molecule has 1 aliphatic rings. The van der Waals surface area contributed by atoms with Crippen molar-refractivity contribution in [3.63, 3.8) is 0 Å². The molecule has 3 rings (SSSR count). The Hall–Kier alpha value is -2.40. The first-order chi connectivity index (χ1) is 11.7. The average molecular weight is 330 g/mol. The molecule has 0 fully saturated rings. The van der Waals surface area contributed by atoms with Crippen molar-refractivity contribution in [1.29, 1.82) is 0 Å². The van der Waals surface area contributed by atoms with E-state index in [0.717, 1.165) is 36.0 Å². The van der Waals surface area contributed by atoms with Crippen LogP contribution in [0.3, 0.4) is 0 Å². The second-order valence-corrected chi connectivity index (χ2v) is 5.77. The van der Waals surface area contributed by atoms with Crippen LogP contribution in [0, 0.1) is 0 Å². The van der Waals surface area contributed by atoms with Crippen LogP contribution >= 0.6 is 0 Å². The van der Waals surface area contributed by atoms with Crippen LogP contribution in [0.25, 0.3) is 0 Å². The van der Waals surface area contributed by atoms with Crippen molar-refractivity contribution in [2.45, 2.75) is 12.5 Å². The third-order valence-corrected chi connectivity index (χ3v) is 4.40. The fourth-order valence-electron chi connectivity index (χ4n) is 3.08. The summed E-state index contributed by atoms with van der Waals surface area (Å²) in [5.74, 6) is 3.22. The second-order valence-electron chi connectivity index (χ2n) is 5.77. The van der Waals surface area contributed by atoms with E-state index in [1.807, 2.05) is 24.3 Å². The zero-order valence-corrected chi connectivity index (χ0v) is 14.4. The van der Waals surface area contributed by atoms with Crippen LogP contribution in [0.15, 0.2) is 36.4 Å². The van der Waals surface area contributed by atoms with Gasteiger partial charge in [0, 0.05) is 12.0 Å². The summed E-state index contributed by atoms with van der Waals surface area (Å²) < 4.78 is 22.0. The van der Waals surface area contributed by atoms with E-state index in [0.29, 0.717) is 6.61 Å². The number of hydrogen-bond acceptors (Lipinski definition) is 4. The lowest BCUT2D eigenvalue weighted by Gasteiger charge is -2.25. The molecule has 0 radical (unpaired) electrons. The largest absolute Gasteiger partial charge is 0.497 e. The van der Waals surface area contributed by atoms with Crippen LogP contribution in [0.5, 0.6) is 23.0 Å². The lowest BCUT2D eigenvalue weighted by Crippen LogP contribution is -2.88. The van der Waals surface area contributed by atoms with Crippen LogP contribution in [0.4, 0.5) is 0 Å². The predicted molar refractivity (Wildman–Crippen MR) is 91.3 cm³/mol. The predicted octanol–water partition coefficient (Wildman–Crippen LogP) is 1.95. The monoisotopic (exact) mass is 330 g/mol. The van der Waals surface area contributed by atoms with Gasteiger partial charge in [-0.2, -0.15) is 0 Å². The van der Waals surface area contributed by atoms with E-state index in [2.05, 4.69) is 17.4 Å². The molecule has 2 N–H and O–H groups in total. The third kappa shape index (κ3) is 3.41. The third-order valence-electron chi connectivity index (χ3n) is 4.40. The highest BCUT2D eigenvalue weighted by Gasteiger charge is 2.26. The van der Waals surface area contributed by atoms with Crippen molar-refractivity contribution in [2.24, 2.45) is 0 Å². The molecule has 2 aromatic rings. The van der Waals surface area contributed by atoms with Crippen LogP contribution in [-0.2, 0) is 6.42 Å². The maximum Gasteiger partial charge on any atom is 0.161 e. The normalized spacial score (nSPS) is 16.2. The number of methoxy groups -OCH3 is 3. The molecule has 1 aliphatic heterocycles. The molecule has 0 saturated heterocycles. The minimum absolute atomic E-state index is 0.246. The number of fused-ring (bicyclic) bond motifs is 1. The summed E-state index contributed by atoms with van der Waals surface area (Å²) in [6.07, 6.45) is 1.02. The molecule has 2 aromatic carbocycles. The first-order valence-corrected chi connectivity index (χ1v) is 8.10. The van der Waals surface area contributed by atoms with Gasteiger partial charge in [0.05, 0.1) is 27.9 Å². The van der Waals surface area contributed by atoms with Gasteiger partial charge in [0.25, 0.3) is 0 Å². The number of hydrogen-bond donors (Lipinski definition) is 1. The fourth-order valence-corrected chi connectivity index (χ4v) is 3.08. The van der Waals surface area contributed by atoms with Gasteiger partial charge in [-0.15, -0.1) is 0 Å². The summed E-state index contributed by atoms with van der Waals surface area (Å²) in [7, 11) is 4.99. The standard InChI is InChI=1S/C19H23NO4/c1-21-14-4-6-15(7-5-14)24-12-17-16-11-19(23-3)18(22-2)10-13(16)8-9-20-17/h4-7,10-11,17,20H,8-9,12H2,1-3H3/p+1/t17-/m0/s1. The molecule has 24 heavy (non-hydrogen) atoms. The van der Waals surface area contributed by atoms with Gasteiger partial charge in [-0.25, -0.2) is 0 Å². The van der Waals surface area contributed by atoms with Crippen molar-refractivity contribution in [3.05, 3.63) is 47.5 Å². The minimum atomic E-state index is 0.246. The quantitative estimate of drug-likeness (QED) is 0.880. The van der Waals surface area contributed by atoms with Crippen molar-refractivity contribution >= 4 is 0 Å². The van der Waals surface area contributed by atoms with Gasteiger partial charge in [0.15, 0.2) is 11.5 Å². The number of benzene rings is 2. The molecule has 0 saturated carbocycles. The Labute approximate surface area is 142 Å². The number of ether oxygens (including phenoxy) is 4. The SMILES string of the molecule is COc1ccc(OC[C@@H]2[NH2+]CCc3cc(OC)c(OC)cc32)cc1. The summed E-state index contributed by atoms with van der Waals surface area (Å²) in [5.41, 5.74) is 2.56. The maximum absolute atomic E-state index is 5.97. The molecule has 5 nitrogen and oxygen atoms in total. The van der Waals surface area contributed by atoms with Crippen LogP contribution in [-0.4, -0.2) is 34.5 Å². The molecular weight excluding hydrogens is 306 g/mol. The van der Waals surface area contributed by atoms with Gasteiger partial charge >= 0.3 is 0 Å². The van der Waals surface area contributed by atoms with E-state index in [1.54, 1.807) is 21.3 Å². The van der Waals surface area contributed by atoms with E-state index >= 15 is 0 Å². The topological polar surface area (TPSA) is 53.5 Å². The number of rotatable bonds is 6. The van der Waals surface area contributed by atoms with Crippen molar-refractivity contribution in [3.8, 4) is 23.0 Å². The Kier molecular flexibility index (Phi) is 5.11. The lowest BCUT2D eigenvalue weighted by atomic mass is 9.94.